The summed E-state index contributed by atoms with van der Waals surface area (Å²) in [7, 11) is 0. The average Bonchev–Trinajstić information content (AvgIpc) is 2.72. The van der Waals surface area contributed by atoms with Crippen LogP contribution in [0.15, 0.2) is 10.5 Å². The molecule has 6 heteroatoms. The summed E-state index contributed by atoms with van der Waals surface area (Å²) in [5, 5.41) is 3.29. The summed E-state index contributed by atoms with van der Waals surface area (Å²) in [5.41, 5.74) is 2.19. The van der Waals surface area contributed by atoms with Crippen molar-refractivity contribution in [2.45, 2.75) is 27.2 Å². The molecule has 102 valence electrons. The molecular formula is C13H15BrClN3S. The third-order valence-corrected chi connectivity index (χ3v) is 5.26. The number of thiophene rings is 1. The van der Waals surface area contributed by atoms with Gasteiger partial charge >= 0.3 is 0 Å². The fraction of sp³-hybridized carbons (Fsp3) is 0.385. The number of nitrogens with one attached hydrogen (secondary N) is 1. The molecule has 2 rings (SSSR count). The maximum absolute atomic E-state index is 6.09. The lowest BCUT2D eigenvalue weighted by molar-refractivity contribution is 0.972. The van der Waals surface area contributed by atoms with Gasteiger partial charge in [0.05, 0.1) is 4.88 Å². The lowest BCUT2D eigenvalue weighted by Gasteiger charge is -2.11. The third kappa shape index (κ3) is 3.09. The molecule has 0 unspecified atom stereocenters. The predicted molar refractivity (Wildman–Crippen MR) is 86.3 cm³/mol. The minimum atomic E-state index is 0.724. The van der Waals surface area contributed by atoms with E-state index < -0.39 is 0 Å². The second kappa shape index (κ2) is 6.20. The highest BCUT2D eigenvalue weighted by molar-refractivity contribution is 9.10. The lowest BCUT2D eigenvalue weighted by atomic mass is 10.2. The van der Waals surface area contributed by atoms with Gasteiger partial charge in [0, 0.05) is 22.3 Å². The third-order valence-electron chi connectivity index (χ3n) is 2.79. The Morgan fingerprint density at radius 3 is 2.63 bits per heavy atom. The number of rotatable bonds is 4. The van der Waals surface area contributed by atoms with Crippen LogP contribution >= 0.6 is 38.9 Å². The first-order valence-electron chi connectivity index (χ1n) is 6.13. The van der Waals surface area contributed by atoms with Crippen LogP contribution in [0.25, 0.3) is 10.7 Å². The van der Waals surface area contributed by atoms with Crippen LogP contribution in [0.5, 0.6) is 0 Å². The van der Waals surface area contributed by atoms with E-state index in [-0.39, 0.29) is 0 Å². The van der Waals surface area contributed by atoms with Crippen molar-refractivity contribution in [2.75, 3.05) is 11.9 Å². The Balaban J connectivity index is 2.54. The number of nitrogens with zero attached hydrogens (tertiary/aromatic N) is 2. The smallest absolute Gasteiger partial charge is 0.171 e. The van der Waals surface area contributed by atoms with E-state index >= 15 is 0 Å². The zero-order valence-electron chi connectivity index (χ0n) is 11.1. The van der Waals surface area contributed by atoms with Crippen LogP contribution in [0, 0.1) is 6.92 Å². The van der Waals surface area contributed by atoms with Crippen molar-refractivity contribution in [2.24, 2.45) is 0 Å². The number of anilines is 1. The molecule has 0 radical (unpaired) electrons. The first-order chi connectivity index (χ1) is 9.06. The summed E-state index contributed by atoms with van der Waals surface area (Å²) in [4.78, 5) is 10.2. The second-order valence-corrected chi connectivity index (χ2v) is 6.59. The van der Waals surface area contributed by atoms with Crippen molar-refractivity contribution >= 4 is 44.7 Å². The number of aryl methyl sites for hydroxylation is 1. The summed E-state index contributed by atoms with van der Waals surface area (Å²) in [6, 6.07) is 1.97. The number of halogens is 2. The van der Waals surface area contributed by atoms with Gasteiger partial charge in [-0.3, -0.25) is 0 Å². The van der Waals surface area contributed by atoms with Gasteiger partial charge in [-0.1, -0.05) is 18.5 Å². The van der Waals surface area contributed by atoms with Gasteiger partial charge in [0.15, 0.2) is 5.82 Å². The summed E-state index contributed by atoms with van der Waals surface area (Å²) >= 11 is 11.0. The zero-order valence-corrected chi connectivity index (χ0v) is 14.2. The highest BCUT2D eigenvalue weighted by Gasteiger charge is 2.14. The number of hydrogen-bond acceptors (Lipinski definition) is 4. The standard InChI is InChI=1S/C13H15BrClN3S/c1-4-9-7(3)12(16-5-2)18-13(17-9)10-6-8(14)11(15)19-10/h6H,4-5H2,1-3H3,(H,16,17,18). The molecule has 0 atom stereocenters. The van der Waals surface area contributed by atoms with E-state index in [2.05, 4.69) is 52.0 Å². The molecule has 0 saturated heterocycles. The predicted octanol–water partition coefficient (Wildman–Crippen LogP) is 4.92. The lowest BCUT2D eigenvalue weighted by Crippen LogP contribution is -2.07. The maximum atomic E-state index is 6.09. The molecule has 0 saturated carbocycles. The van der Waals surface area contributed by atoms with Crippen molar-refractivity contribution < 1.29 is 0 Å². The molecule has 0 fully saturated rings. The van der Waals surface area contributed by atoms with Gasteiger partial charge in [-0.05, 0) is 42.3 Å². The fourth-order valence-electron chi connectivity index (χ4n) is 1.81. The monoisotopic (exact) mass is 359 g/mol. The van der Waals surface area contributed by atoms with Gasteiger partial charge < -0.3 is 5.32 Å². The van der Waals surface area contributed by atoms with Crippen molar-refractivity contribution in [3.8, 4) is 10.7 Å². The van der Waals surface area contributed by atoms with Crippen LogP contribution in [0.1, 0.15) is 25.1 Å². The van der Waals surface area contributed by atoms with Crippen LogP contribution in [0.4, 0.5) is 5.82 Å². The highest BCUT2D eigenvalue weighted by Crippen LogP contribution is 2.37. The van der Waals surface area contributed by atoms with Crippen LogP contribution < -0.4 is 5.32 Å². The molecule has 0 bridgehead atoms. The highest BCUT2D eigenvalue weighted by atomic mass is 79.9. The normalized spacial score (nSPS) is 10.8. The van der Waals surface area contributed by atoms with Gasteiger partial charge in [-0.25, -0.2) is 9.97 Å². The molecule has 0 aliphatic rings. The summed E-state index contributed by atoms with van der Waals surface area (Å²) in [6.45, 7) is 7.06. The topological polar surface area (TPSA) is 37.8 Å². The molecule has 19 heavy (non-hydrogen) atoms. The fourth-order valence-corrected chi connectivity index (χ4v) is 3.45. The Hall–Kier alpha value is -0.650. The molecule has 0 amide bonds. The average molecular weight is 361 g/mol. The van der Waals surface area contributed by atoms with E-state index in [0.717, 1.165) is 49.6 Å². The van der Waals surface area contributed by atoms with Gasteiger partial charge in [-0.15, -0.1) is 11.3 Å². The Labute approximate surface area is 130 Å². The second-order valence-electron chi connectivity index (χ2n) is 4.08. The zero-order chi connectivity index (χ0) is 14.0. The SMILES string of the molecule is CCNc1nc(-c2cc(Br)c(Cl)s2)nc(CC)c1C. The molecule has 0 aliphatic heterocycles. The molecule has 1 N–H and O–H groups in total. The Bertz CT molecular complexity index is 578. The molecule has 0 aliphatic carbocycles. The quantitative estimate of drug-likeness (QED) is 0.840. The van der Waals surface area contributed by atoms with Gasteiger partial charge in [0.1, 0.15) is 10.2 Å². The summed E-state index contributed by atoms with van der Waals surface area (Å²) < 4.78 is 1.61. The number of hydrogen-bond donors (Lipinski definition) is 1. The minimum Gasteiger partial charge on any atom is -0.370 e. The van der Waals surface area contributed by atoms with Crippen LogP contribution in [-0.4, -0.2) is 16.5 Å². The first kappa shape index (κ1) is 14.8. The largest absolute Gasteiger partial charge is 0.370 e. The maximum Gasteiger partial charge on any atom is 0.171 e. The van der Waals surface area contributed by atoms with Crippen molar-refractivity contribution in [1.82, 2.24) is 9.97 Å². The number of aromatic nitrogens is 2. The van der Waals surface area contributed by atoms with Crippen molar-refractivity contribution in [3.05, 3.63) is 26.1 Å². The molecular weight excluding hydrogens is 346 g/mol. The molecule has 3 nitrogen and oxygen atoms in total. The van der Waals surface area contributed by atoms with Crippen LogP contribution in [0.2, 0.25) is 4.34 Å². The van der Waals surface area contributed by atoms with Gasteiger partial charge in [-0.2, -0.15) is 0 Å². The Kier molecular flexibility index (Phi) is 4.81. The van der Waals surface area contributed by atoms with E-state index in [0.29, 0.717) is 0 Å². The van der Waals surface area contributed by atoms with E-state index in [9.17, 15) is 0 Å². The minimum absolute atomic E-state index is 0.724. The molecule has 0 aromatic carbocycles. The summed E-state index contributed by atoms with van der Waals surface area (Å²) in [5.74, 6) is 1.64. The first-order valence-corrected chi connectivity index (χ1v) is 8.12. The summed E-state index contributed by atoms with van der Waals surface area (Å²) in [6.07, 6.45) is 0.889. The Morgan fingerprint density at radius 1 is 1.37 bits per heavy atom. The van der Waals surface area contributed by atoms with E-state index in [1.807, 2.05) is 6.07 Å². The molecule has 2 aromatic rings. The molecule has 2 aromatic heterocycles. The van der Waals surface area contributed by atoms with Crippen LogP contribution in [0.3, 0.4) is 0 Å². The molecule has 2 heterocycles. The van der Waals surface area contributed by atoms with Crippen molar-refractivity contribution in [1.29, 1.82) is 0 Å². The molecule has 0 spiro atoms. The van der Waals surface area contributed by atoms with Crippen LogP contribution in [-0.2, 0) is 6.42 Å². The van der Waals surface area contributed by atoms with E-state index in [1.165, 1.54) is 11.3 Å². The van der Waals surface area contributed by atoms with E-state index in [1.54, 1.807) is 0 Å². The van der Waals surface area contributed by atoms with Gasteiger partial charge in [0.25, 0.3) is 0 Å². The van der Waals surface area contributed by atoms with E-state index in [4.69, 9.17) is 11.6 Å². The Morgan fingerprint density at radius 2 is 2.11 bits per heavy atom. The van der Waals surface area contributed by atoms with Crippen molar-refractivity contribution in [3.63, 3.8) is 0 Å². The van der Waals surface area contributed by atoms with Gasteiger partial charge in [0.2, 0.25) is 0 Å².